The molecule has 0 saturated carbocycles. The molecule has 9 heteroatoms. The number of rotatable bonds is 5. The van der Waals surface area contributed by atoms with Gasteiger partial charge in [-0.25, -0.2) is 19.4 Å². The maximum Gasteiger partial charge on any atom is 0.350 e. The number of carbonyl (C=O) groups excluding carboxylic acids is 2. The van der Waals surface area contributed by atoms with Crippen LogP contribution in [0.3, 0.4) is 0 Å². The molecule has 118 valence electrons. The molecule has 1 aliphatic heterocycles. The van der Waals surface area contributed by atoms with E-state index in [0.717, 1.165) is 6.20 Å². The minimum absolute atomic E-state index is 0.0920. The number of hydrogen-bond acceptors (Lipinski definition) is 7. The number of ether oxygens (including phenoxy) is 2. The molecule has 1 aromatic heterocycles. The van der Waals surface area contributed by atoms with Gasteiger partial charge in [0, 0.05) is 38.4 Å². The third-order valence-electron chi connectivity index (χ3n) is 2.82. The van der Waals surface area contributed by atoms with E-state index in [1.165, 1.54) is 26.4 Å². The molecule has 1 fully saturated rings. The van der Waals surface area contributed by atoms with Gasteiger partial charge in [0.15, 0.2) is 5.57 Å². The van der Waals surface area contributed by atoms with Gasteiger partial charge in [0.05, 0.1) is 6.33 Å². The SMILES string of the molecule is CC1(C)OC(=O)C(=CNC(Cc2cnc[nH]2)C(=O)O)C(=O)O1. The first-order valence-electron chi connectivity index (χ1n) is 6.41. The molecular formula is C13H15N3O6. The summed E-state index contributed by atoms with van der Waals surface area (Å²) in [5.41, 5.74) is 0.198. The maximum absolute atomic E-state index is 11.7. The zero-order valence-corrected chi connectivity index (χ0v) is 12.0. The van der Waals surface area contributed by atoms with Crippen molar-refractivity contribution < 1.29 is 29.0 Å². The fourth-order valence-corrected chi connectivity index (χ4v) is 1.80. The van der Waals surface area contributed by atoms with Crippen LogP contribution in [0.4, 0.5) is 0 Å². The summed E-state index contributed by atoms with van der Waals surface area (Å²) in [6, 6.07) is -1.05. The first kappa shape index (κ1) is 15.5. The van der Waals surface area contributed by atoms with E-state index in [9.17, 15) is 14.4 Å². The molecule has 0 aliphatic carbocycles. The number of cyclic esters (lactones) is 2. The van der Waals surface area contributed by atoms with Crippen LogP contribution in [0.5, 0.6) is 0 Å². The lowest BCUT2D eigenvalue weighted by Crippen LogP contribution is -2.43. The average Bonchev–Trinajstić information content (AvgIpc) is 2.87. The van der Waals surface area contributed by atoms with Gasteiger partial charge in [0.25, 0.3) is 5.79 Å². The Morgan fingerprint density at radius 2 is 2.09 bits per heavy atom. The third-order valence-corrected chi connectivity index (χ3v) is 2.82. The van der Waals surface area contributed by atoms with Gasteiger partial charge >= 0.3 is 17.9 Å². The summed E-state index contributed by atoms with van der Waals surface area (Å²) in [4.78, 5) is 41.2. The molecular weight excluding hydrogens is 294 g/mol. The number of aliphatic carboxylic acids is 1. The molecule has 1 saturated heterocycles. The Balaban J connectivity index is 2.09. The smallest absolute Gasteiger partial charge is 0.350 e. The number of carbonyl (C=O) groups is 3. The third kappa shape index (κ3) is 3.62. The van der Waals surface area contributed by atoms with Crippen LogP contribution in [0.1, 0.15) is 19.5 Å². The summed E-state index contributed by atoms with van der Waals surface area (Å²) in [6.07, 6.45) is 3.99. The topological polar surface area (TPSA) is 131 Å². The first-order valence-corrected chi connectivity index (χ1v) is 6.41. The molecule has 1 aliphatic rings. The molecule has 0 aromatic carbocycles. The van der Waals surface area contributed by atoms with Gasteiger partial charge < -0.3 is 24.9 Å². The maximum atomic E-state index is 11.7. The number of nitrogens with one attached hydrogen (secondary N) is 2. The predicted octanol–water partition coefficient (Wildman–Crippen LogP) is -0.285. The van der Waals surface area contributed by atoms with Crippen molar-refractivity contribution >= 4 is 17.9 Å². The summed E-state index contributed by atoms with van der Waals surface area (Å²) < 4.78 is 9.80. The zero-order chi connectivity index (χ0) is 16.3. The molecule has 2 heterocycles. The lowest BCUT2D eigenvalue weighted by atomic mass is 10.1. The molecule has 3 N–H and O–H groups in total. The Morgan fingerprint density at radius 1 is 1.45 bits per heavy atom. The molecule has 0 radical (unpaired) electrons. The second kappa shape index (κ2) is 5.88. The Morgan fingerprint density at radius 3 is 2.59 bits per heavy atom. The van der Waals surface area contributed by atoms with E-state index < -0.39 is 35.3 Å². The fourth-order valence-electron chi connectivity index (χ4n) is 1.80. The highest BCUT2D eigenvalue weighted by Crippen LogP contribution is 2.22. The van der Waals surface area contributed by atoms with Crippen molar-refractivity contribution in [3.63, 3.8) is 0 Å². The predicted molar refractivity (Wildman–Crippen MR) is 71.2 cm³/mol. The lowest BCUT2D eigenvalue weighted by molar-refractivity contribution is -0.222. The molecule has 1 atom stereocenters. The molecule has 0 bridgehead atoms. The van der Waals surface area contributed by atoms with E-state index in [-0.39, 0.29) is 6.42 Å². The zero-order valence-electron chi connectivity index (χ0n) is 12.0. The highest BCUT2D eigenvalue weighted by atomic mass is 16.7. The first-order chi connectivity index (χ1) is 10.3. The molecule has 9 nitrogen and oxygen atoms in total. The van der Waals surface area contributed by atoms with Crippen LogP contribution in [0.2, 0.25) is 0 Å². The van der Waals surface area contributed by atoms with E-state index in [2.05, 4.69) is 15.3 Å². The van der Waals surface area contributed by atoms with E-state index in [1.54, 1.807) is 0 Å². The minimum atomic E-state index is -1.34. The van der Waals surface area contributed by atoms with Crippen molar-refractivity contribution in [2.24, 2.45) is 0 Å². The summed E-state index contributed by atoms with van der Waals surface area (Å²) >= 11 is 0. The van der Waals surface area contributed by atoms with Gasteiger partial charge in [-0.1, -0.05) is 0 Å². The summed E-state index contributed by atoms with van der Waals surface area (Å²) in [5, 5.41) is 11.7. The van der Waals surface area contributed by atoms with Gasteiger partial charge in [-0.2, -0.15) is 0 Å². The number of carboxylic acid groups (broad SMARTS) is 1. The summed E-state index contributed by atoms with van der Waals surface area (Å²) in [5.74, 6) is -4.24. The van der Waals surface area contributed by atoms with Crippen molar-refractivity contribution in [1.29, 1.82) is 0 Å². The van der Waals surface area contributed by atoms with Gasteiger partial charge in [-0.15, -0.1) is 0 Å². The number of esters is 2. The number of aromatic nitrogens is 2. The second-order valence-corrected chi connectivity index (χ2v) is 5.08. The average molecular weight is 309 g/mol. The number of nitrogens with zero attached hydrogens (tertiary/aromatic N) is 1. The Bertz CT molecular complexity index is 598. The quantitative estimate of drug-likeness (QED) is 0.384. The monoisotopic (exact) mass is 309 g/mol. The summed E-state index contributed by atoms with van der Waals surface area (Å²) in [6.45, 7) is 2.84. The number of aromatic amines is 1. The highest BCUT2D eigenvalue weighted by Gasteiger charge is 2.39. The standard InChI is InChI=1S/C13H15N3O6/c1-13(2)21-11(19)8(12(20)22-13)5-15-9(10(17)18)3-7-4-14-6-16-7/h4-6,9,15H,3H2,1-2H3,(H,14,16)(H,17,18). The Labute approximate surface area is 125 Å². The minimum Gasteiger partial charge on any atom is -0.480 e. The van der Waals surface area contributed by atoms with Crippen LogP contribution in [0, 0.1) is 0 Å². The highest BCUT2D eigenvalue weighted by molar-refractivity contribution is 6.15. The van der Waals surface area contributed by atoms with Crippen LogP contribution < -0.4 is 5.32 Å². The van der Waals surface area contributed by atoms with Crippen LogP contribution in [-0.4, -0.2) is 44.8 Å². The van der Waals surface area contributed by atoms with Gasteiger partial charge in [-0.3, -0.25) is 0 Å². The number of H-pyrrole nitrogens is 1. The van der Waals surface area contributed by atoms with Crippen molar-refractivity contribution in [3.8, 4) is 0 Å². The Kier molecular flexibility index (Phi) is 4.15. The lowest BCUT2D eigenvalue weighted by Gasteiger charge is -2.29. The van der Waals surface area contributed by atoms with Crippen molar-refractivity contribution in [3.05, 3.63) is 30.0 Å². The van der Waals surface area contributed by atoms with E-state index in [0.29, 0.717) is 5.69 Å². The van der Waals surface area contributed by atoms with Gasteiger partial charge in [-0.05, 0) is 0 Å². The summed E-state index contributed by atoms with van der Waals surface area (Å²) in [7, 11) is 0. The Hall–Kier alpha value is -2.84. The number of carboxylic acids is 1. The fraction of sp³-hybridized carbons (Fsp3) is 0.385. The van der Waals surface area contributed by atoms with Crippen LogP contribution >= 0.6 is 0 Å². The molecule has 2 rings (SSSR count). The molecule has 1 unspecified atom stereocenters. The molecule has 22 heavy (non-hydrogen) atoms. The molecule has 0 amide bonds. The van der Waals surface area contributed by atoms with Crippen molar-refractivity contribution in [2.75, 3.05) is 0 Å². The van der Waals surface area contributed by atoms with Crippen molar-refractivity contribution in [1.82, 2.24) is 15.3 Å². The van der Waals surface area contributed by atoms with Crippen molar-refractivity contribution in [2.45, 2.75) is 32.1 Å². The molecule has 1 aromatic rings. The van der Waals surface area contributed by atoms with E-state index in [4.69, 9.17) is 14.6 Å². The van der Waals surface area contributed by atoms with Gasteiger partial charge in [0.2, 0.25) is 0 Å². The number of imidazole rings is 1. The molecule has 0 spiro atoms. The van der Waals surface area contributed by atoms with Crippen LogP contribution in [-0.2, 0) is 30.3 Å². The number of hydrogen-bond donors (Lipinski definition) is 3. The second-order valence-electron chi connectivity index (χ2n) is 5.08. The van der Waals surface area contributed by atoms with Crippen LogP contribution in [0.15, 0.2) is 24.3 Å². The van der Waals surface area contributed by atoms with E-state index in [1.807, 2.05) is 0 Å². The normalized spacial score (nSPS) is 18.2. The van der Waals surface area contributed by atoms with E-state index >= 15 is 0 Å². The van der Waals surface area contributed by atoms with Crippen LogP contribution in [0.25, 0.3) is 0 Å². The van der Waals surface area contributed by atoms with Gasteiger partial charge in [0.1, 0.15) is 6.04 Å². The largest absolute Gasteiger partial charge is 0.480 e.